The maximum absolute atomic E-state index is 12.5. The van der Waals surface area contributed by atoms with E-state index in [1.807, 2.05) is 22.7 Å². The number of hydrogen-bond acceptors (Lipinski definition) is 2. The highest BCUT2D eigenvalue weighted by Gasteiger charge is 2.25. The minimum Gasteiger partial charge on any atom is -0.312 e. The van der Waals surface area contributed by atoms with Gasteiger partial charge in [0.2, 0.25) is 5.91 Å². The van der Waals surface area contributed by atoms with Gasteiger partial charge in [-0.05, 0) is 54.7 Å². The molecule has 0 aliphatic carbocycles. The van der Waals surface area contributed by atoms with Gasteiger partial charge in [-0.3, -0.25) is 4.79 Å². The summed E-state index contributed by atoms with van der Waals surface area (Å²) in [6.07, 6.45) is 5.45. The van der Waals surface area contributed by atoms with Crippen LogP contribution >= 0.6 is 11.8 Å². The lowest BCUT2D eigenvalue weighted by Crippen LogP contribution is -2.37. The fraction of sp³-hybridized carbons (Fsp3) is 0.562. The highest BCUT2D eigenvalue weighted by Crippen LogP contribution is 2.30. The van der Waals surface area contributed by atoms with Crippen LogP contribution in [0.25, 0.3) is 0 Å². The second-order valence-corrected chi connectivity index (χ2v) is 6.71. The van der Waals surface area contributed by atoms with Gasteiger partial charge in [-0.1, -0.05) is 18.2 Å². The molecule has 0 aromatic heterocycles. The van der Waals surface area contributed by atoms with Crippen LogP contribution in [-0.4, -0.2) is 24.0 Å². The lowest BCUT2D eigenvalue weighted by Gasteiger charge is -2.31. The number of fused-ring (bicyclic) bond motifs is 1. The number of thioether (sulfide) groups is 1. The molecule has 2 nitrogen and oxygen atoms in total. The van der Waals surface area contributed by atoms with E-state index in [1.54, 1.807) is 0 Å². The van der Waals surface area contributed by atoms with Crippen LogP contribution in [0.4, 0.5) is 5.69 Å². The van der Waals surface area contributed by atoms with Gasteiger partial charge in [0.15, 0.2) is 0 Å². The van der Waals surface area contributed by atoms with Crippen molar-refractivity contribution >= 4 is 23.4 Å². The largest absolute Gasteiger partial charge is 0.312 e. The molecule has 1 aromatic rings. The van der Waals surface area contributed by atoms with Crippen LogP contribution < -0.4 is 4.90 Å². The summed E-state index contributed by atoms with van der Waals surface area (Å²) in [6.45, 7) is 0.899. The first kappa shape index (κ1) is 13.0. The Hall–Kier alpha value is -0.960. The van der Waals surface area contributed by atoms with Gasteiger partial charge in [0.05, 0.1) is 0 Å². The molecule has 3 rings (SSSR count). The summed E-state index contributed by atoms with van der Waals surface area (Å²) < 4.78 is 0. The Kier molecular flexibility index (Phi) is 4.12. The molecule has 1 atom stereocenters. The van der Waals surface area contributed by atoms with Crippen LogP contribution in [0.1, 0.15) is 31.2 Å². The van der Waals surface area contributed by atoms with E-state index < -0.39 is 0 Å². The van der Waals surface area contributed by atoms with Crippen molar-refractivity contribution in [2.75, 3.05) is 23.0 Å². The van der Waals surface area contributed by atoms with Crippen molar-refractivity contribution in [1.29, 1.82) is 0 Å². The van der Waals surface area contributed by atoms with Gasteiger partial charge in [0.25, 0.3) is 0 Å². The van der Waals surface area contributed by atoms with Crippen molar-refractivity contribution in [1.82, 2.24) is 0 Å². The predicted octanol–water partition coefficient (Wildman–Crippen LogP) is 3.50. The number of para-hydroxylation sites is 1. The maximum Gasteiger partial charge on any atom is 0.227 e. The molecule has 1 aromatic carbocycles. The topological polar surface area (TPSA) is 20.3 Å². The molecule has 2 aliphatic heterocycles. The smallest absolute Gasteiger partial charge is 0.227 e. The number of nitrogens with zero attached hydrogens (tertiary/aromatic N) is 1. The van der Waals surface area contributed by atoms with Crippen LogP contribution in [0.3, 0.4) is 0 Å². The van der Waals surface area contributed by atoms with E-state index in [0.717, 1.165) is 31.5 Å². The van der Waals surface area contributed by atoms with Gasteiger partial charge in [0.1, 0.15) is 0 Å². The minimum atomic E-state index is 0.333. The van der Waals surface area contributed by atoms with Gasteiger partial charge >= 0.3 is 0 Å². The standard InChI is InChI=1S/C16H21NOS/c18-16(11-13-5-4-10-19-12-13)17-9-3-7-14-6-1-2-8-15(14)17/h1-2,6,8,13H,3-5,7,9-12H2. The zero-order valence-electron chi connectivity index (χ0n) is 11.3. The fourth-order valence-corrected chi connectivity index (χ4v) is 4.27. The number of aryl methyl sites for hydroxylation is 1. The van der Waals surface area contributed by atoms with E-state index in [-0.39, 0.29) is 0 Å². The molecule has 1 saturated heterocycles. The van der Waals surface area contributed by atoms with Crippen molar-refractivity contribution in [2.45, 2.75) is 32.1 Å². The molecule has 1 unspecified atom stereocenters. The molecule has 0 N–H and O–H groups in total. The van der Waals surface area contributed by atoms with E-state index in [4.69, 9.17) is 0 Å². The summed E-state index contributed by atoms with van der Waals surface area (Å²) in [4.78, 5) is 14.6. The number of anilines is 1. The molecule has 2 aliphatic rings. The Morgan fingerprint density at radius 1 is 1.32 bits per heavy atom. The lowest BCUT2D eigenvalue weighted by molar-refractivity contribution is -0.119. The number of rotatable bonds is 2. The Labute approximate surface area is 119 Å². The monoisotopic (exact) mass is 275 g/mol. The van der Waals surface area contributed by atoms with Gasteiger partial charge in [-0.15, -0.1) is 0 Å². The van der Waals surface area contributed by atoms with Gasteiger partial charge in [-0.25, -0.2) is 0 Å². The third-order valence-electron chi connectivity index (χ3n) is 4.13. The highest BCUT2D eigenvalue weighted by molar-refractivity contribution is 7.99. The first-order chi connectivity index (χ1) is 9.34. The molecule has 1 fully saturated rings. The second-order valence-electron chi connectivity index (χ2n) is 5.56. The number of benzene rings is 1. The van der Waals surface area contributed by atoms with E-state index >= 15 is 0 Å². The number of carbonyl (C=O) groups excluding carboxylic acids is 1. The van der Waals surface area contributed by atoms with Crippen molar-refractivity contribution in [2.24, 2.45) is 5.92 Å². The molecule has 2 heterocycles. The maximum atomic E-state index is 12.5. The molecular formula is C16H21NOS. The highest BCUT2D eigenvalue weighted by atomic mass is 32.2. The molecule has 19 heavy (non-hydrogen) atoms. The van der Waals surface area contributed by atoms with Crippen molar-refractivity contribution in [3.63, 3.8) is 0 Å². The number of amides is 1. The van der Waals surface area contributed by atoms with Crippen molar-refractivity contribution < 1.29 is 4.79 Å². The summed E-state index contributed by atoms with van der Waals surface area (Å²) in [7, 11) is 0. The van der Waals surface area contributed by atoms with Gasteiger partial charge in [0, 0.05) is 18.7 Å². The average molecular weight is 275 g/mol. The fourth-order valence-electron chi connectivity index (χ4n) is 3.12. The van der Waals surface area contributed by atoms with Crippen LogP contribution in [0.15, 0.2) is 24.3 Å². The first-order valence-corrected chi connectivity index (χ1v) is 8.46. The van der Waals surface area contributed by atoms with E-state index in [0.29, 0.717) is 11.8 Å². The van der Waals surface area contributed by atoms with E-state index in [1.165, 1.54) is 29.9 Å². The van der Waals surface area contributed by atoms with Gasteiger partial charge in [-0.2, -0.15) is 11.8 Å². The van der Waals surface area contributed by atoms with Crippen LogP contribution in [0, 0.1) is 5.92 Å². The van der Waals surface area contributed by atoms with Crippen LogP contribution in [-0.2, 0) is 11.2 Å². The Morgan fingerprint density at radius 3 is 3.05 bits per heavy atom. The zero-order chi connectivity index (χ0) is 13.1. The summed E-state index contributed by atoms with van der Waals surface area (Å²) in [6, 6.07) is 8.37. The average Bonchev–Trinajstić information content (AvgIpc) is 2.47. The predicted molar refractivity (Wildman–Crippen MR) is 81.8 cm³/mol. The van der Waals surface area contributed by atoms with E-state index in [2.05, 4.69) is 18.2 Å². The summed E-state index contributed by atoms with van der Waals surface area (Å²) >= 11 is 2.01. The minimum absolute atomic E-state index is 0.333. The zero-order valence-corrected chi connectivity index (χ0v) is 12.1. The third-order valence-corrected chi connectivity index (χ3v) is 5.41. The molecule has 3 heteroatoms. The van der Waals surface area contributed by atoms with Crippen LogP contribution in [0.5, 0.6) is 0 Å². The summed E-state index contributed by atoms with van der Waals surface area (Å²) in [5.74, 6) is 3.37. The molecule has 0 radical (unpaired) electrons. The van der Waals surface area contributed by atoms with Crippen molar-refractivity contribution in [3.05, 3.63) is 29.8 Å². The molecule has 0 bridgehead atoms. The Morgan fingerprint density at radius 2 is 2.21 bits per heavy atom. The summed E-state index contributed by atoms with van der Waals surface area (Å²) in [5.41, 5.74) is 2.49. The molecule has 1 amide bonds. The molecule has 102 valence electrons. The Bertz CT molecular complexity index is 454. The number of hydrogen-bond donors (Lipinski definition) is 0. The first-order valence-electron chi connectivity index (χ1n) is 7.30. The quantitative estimate of drug-likeness (QED) is 0.823. The molecule has 0 spiro atoms. The SMILES string of the molecule is O=C(CC1CCCSC1)N1CCCc2ccccc21. The Balaban J connectivity index is 1.70. The summed E-state index contributed by atoms with van der Waals surface area (Å²) in [5, 5.41) is 0. The van der Waals surface area contributed by atoms with E-state index in [9.17, 15) is 4.79 Å². The normalized spacial score (nSPS) is 22.9. The lowest BCUT2D eigenvalue weighted by atomic mass is 9.98. The third kappa shape index (κ3) is 2.97. The molecular weight excluding hydrogens is 254 g/mol. The number of carbonyl (C=O) groups is 1. The second kappa shape index (κ2) is 6.00. The van der Waals surface area contributed by atoms with Gasteiger partial charge < -0.3 is 4.90 Å². The van der Waals surface area contributed by atoms with Crippen molar-refractivity contribution in [3.8, 4) is 0 Å². The van der Waals surface area contributed by atoms with Crippen LogP contribution in [0.2, 0.25) is 0 Å². The molecule has 0 saturated carbocycles.